The highest BCUT2D eigenvalue weighted by Gasteiger charge is 2.19. The molecule has 0 saturated carbocycles. The highest BCUT2D eigenvalue weighted by Crippen LogP contribution is 2.19. The van der Waals surface area contributed by atoms with Crippen molar-refractivity contribution in [1.82, 2.24) is 10.3 Å². The van der Waals surface area contributed by atoms with Gasteiger partial charge < -0.3 is 10.4 Å². The van der Waals surface area contributed by atoms with Gasteiger partial charge in [-0.2, -0.15) is 0 Å². The zero-order valence-electron chi connectivity index (χ0n) is 9.81. The van der Waals surface area contributed by atoms with Crippen LogP contribution >= 0.6 is 11.6 Å². The molecule has 0 aromatic carbocycles. The number of rotatable bonds is 4. The Bertz CT molecular complexity index is 485. The van der Waals surface area contributed by atoms with Gasteiger partial charge in [0.2, 0.25) is 0 Å². The van der Waals surface area contributed by atoms with Crippen molar-refractivity contribution >= 4 is 23.2 Å². The van der Waals surface area contributed by atoms with Crippen molar-refractivity contribution in [3.63, 3.8) is 0 Å². The summed E-state index contributed by atoms with van der Waals surface area (Å²) in [5.74, 6) is -0.627. The average molecular weight is 274 g/mol. The lowest BCUT2D eigenvalue weighted by atomic mass is 10.1. The maximum atomic E-state index is 11.7. The number of carbonyl (C=O) groups excluding carboxylic acids is 1. The number of carbonyl (C=O) groups is 1. The minimum atomic E-state index is -1.09. The van der Waals surface area contributed by atoms with E-state index in [0.717, 1.165) is 12.3 Å². The van der Waals surface area contributed by atoms with Crippen LogP contribution in [0.1, 0.15) is 24.2 Å². The summed E-state index contributed by atoms with van der Waals surface area (Å²) in [6.45, 7) is 3.02. The van der Waals surface area contributed by atoms with E-state index in [1.165, 1.54) is 13.8 Å². The Hall–Kier alpha value is -1.73. The van der Waals surface area contributed by atoms with Crippen LogP contribution in [0, 0.1) is 10.1 Å². The lowest BCUT2D eigenvalue weighted by molar-refractivity contribution is -0.385. The van der Waals surface area contributed by atoms with Gasteiger partial charge in [-0.15, -0.1) is 0 Å². The van der Waals surface area contributed by atoms with Crippen LogP contribution in [0.4, 0.5) is 5.69 Å². The molecule has 0 aliphatic carbocycles. The van der Waals surface area contributed by atoms with Crippen LogP contribution in [0.3, 0.4) is 0 Å². The van der Waals surface area contributed by atoms with E-state index in [2.05, 4.69) is 10.3 Å². The first-order valence-electron chi connectivity index (χ1n) is 5.01. The van der Waals surface area contributed by atoms with E-state index in [4.69, 9.17) is 11.6 Å². The van der Waals surface area contributed by atoms with E-state index in [0.29, 0.717) is 0 Å². The van der Waals surface area contributed by atoms with Gasteiger partial charge in [-0.05, 0) is 13.8 Å². The highest BCUT2D eigenvalue weighted by atomic mass is 35.5. The third-order valence-corrected chi connectivity index (χ3v) is 2.26. The number of hydrogen-bond acceptors (Lipinski definition) is 5. The summed E-state index contributed by atoms with van der Waals surface area (Å²) >= 11 is 5.69. The molecule has 18 heavy (non-hydrogen) atoms. The van der Waals surface area contributed by atoms with Gasteiger partial charge in [-0.25, -0.2) is 4.98 Å². The third kappa shape index (κ3) is 3.94. The van der Waals surface area contributed by atoms with Crippen LogP contribution in [0.2, 0.25) is 5.15 Å². The summed E-state index contributed by atoms with van der Waals surface area (Å²) < 4.78 is 0. The van der Waals surface area contributed by atoms with Gasteiger partial charge in [0.05, 0.1) is 16.1 Å². The van der Waals surface area contributed by atoms with E-state index in [-0.39, 0.29) is 22.9 Å². The predicted molar refractivity (Wildman–Crippen MR) is 64.5 cm³/mol. The molecule has 0 unspecified atom stereocenters. The third-order valence-electron chi connectivity index (χ3n) is 1.96. The first-order valence-corrected chi connectivity index (χ1v) is 5.39. The molecule has 0 radical (unpaired) electrons. The fourth-order valence-corrected chi connectivity index (χ4v) is 1.28. The van der Waals surface area contributed by atoms with E-state index in [1.54, 1.807) is 0 Å². The van der Waals surface area contributed by atoms with Gasteiger partial charge in [-0.1, -0.05) is 11.6 Å². The van der Waals surface area contributed by atoms with Crippen molar-refractivity contribution in [3.05, 3.63) is 33.1 Å². The summed E-state index contributed by atoms with van der Waals surface area (Å²) in [5.41, 5.74) is -1.51. The number of nitrogens with zero attached hydrogens (tertiary/aromatic N) is 2. The largest absolute Gasteiger partial charge is 0.389 e. The molecule has 0 saturated heterocycles. The van der Waals surface area contributed by atoms with Crippen LogP contribution in [0.15, 0.2) is 12.3 Å². The number of hydrogen-bond donors (Lipinski definition) is 2. The second-order valence-electron chi connectivity index (χ2n) is 4.28. The molecule has 0 bridgehead atoms. The summed E-state index contributed by atoms with van der Waals surface area (Å²) in [7, 11) is 0. The van der Waals surface area contributed by atoms with Crippen molar-refractivity contribution in [1.29, 1.82) is 0 Å². The fraction of sp³-hybridized carbons (Fsp3) is 0.400. The van der Waals surface area contributed by atoms with Gasteiger partial charge in [-0.3, -0.25) is 14.9 Å². The normalized spacial score (nSPS) is 11.1. The summed E-state index contributed by atoms with van der Waals surface area (Å²) in [6.07, 6.45) is 0.967. The molecule has 0 atom stereocenters. The van der Waals surface area contributed by atoms with Gasteiger partial charge >= 0.3 is 0 Å². The fourth-order valence-electron chi connectivity index (χ4n) is 1.09. The number of nitrogens with one attached hydrogen (secondary N) is 1. The molecule has 1 heterocycles. The molecule has 0 fully saturated rings. The Morgan fingerprint density at radius 2 is 2.28 bits per heavy atom. The Balaban J connectivity index is 2.91. The molecule has 2 N–H and O–H groups in total. The molecule has 1 aromatic heterocycles. The lowest BCUT2D eigenvalue weighted by Gasteiger charge is -2.17. The molecule has 8 heteroatoms. The maximum absolute atomic E-state index is 11.7. The molecule has 98 valence electrons. The molecule has 1 rings (SSSR count). The predicted octanol–water partition coefficient (Wildman–Crippen LogP) is 1.14. The number of nitro groups is 1. The summed E-state index contributed by atoms with van der Waals surface area (Å²) in [6, 6.07) is 1.04. The Labute approximate surface area is 108 Å². The van der Waals surface area contributed by atoms with E-state index in [1.807, 2.05) is 0 Å². The van der Waals surface area contributed by atoms with Crippen LogP contribution in [0.5, 0.6) is 0 Å². The van der Waals surface area contributed by atoms with Crippen molar-refractivity contribution in [2.24, 2.45) is 0 Å². The standard InChI is InChI=1S/C10H12ClN3O4/c1-10(2,16)5-13-9(15)7-3-6(14(17)18)4-12-8(7)11/h3-4,16H,5H2,1-2H3,(H,13,15). The average Bonchev–Trinajstić information content (AvgIpc) is 2.25. The zero-order chi connectivity index (χ0) is 13.9. The molecular weight excluding hydrogens is 262 g/mol. The molecule has 0 spiro atoms. The quantitative estimate of drug-likeness (QED) is 0.486. The SMILES string of the molecule is CC(C)(O)CNC(=O)c1cc([N+](=O)[O-])cnc1Cl. The number of aromatic nitrogens is 1. The number of aliphatic hydroxyl groups is 1. The smallest absolute Gasteiger partial charge is 0.288 e. The maximum Gasteiger partial charge on any atom is 0.288 e. The minimum Gasteiger partial charge on any atom is -0.389 e. The van der Waals surface area contributed by atoms with Gasteiger partial charge in [0.1, 0.15) is 11.3 Å². The second-order valence-corrected chi connectivity index (χ2v) is 4.64. The van der Waals surface area contributed by atoms with E-state index >= 15 is 0 Å². The molecule has 0 aliphatic heterocycles. The van der Waals surface area contributed by atoms with Crippen molar-refractivity contribution in [2.75, 3.05) is 6.54 Å². The molecular formula is C10H12ClN3O4. The van der Waals surface area contributed by atoms with E-state index < -0.39 is 16.4 Å². The summed E-state index contributed by atoms with van der Waals surface area (Å²) in [5, 5.41) is 22.3. The molecule has 0 aliphatic rings. The topological polar surface area (TPSA) is 105 Å². The number of pyridine rings is 1. The van der Waals surface area contributed by atoms with Crippen LogP contribution in [-0.4, -0.2) is 33.1 Å². The van der Waals surface area contributed by atoms with E-state index in [9.17, 15) is 20.0 Å². The number of halogens is 1. The van der Waals surface area contributed by atoms with Crippen molar-refractivity contribution in [2.45, 2.75) is 19.4 Å². The van der Waals surface area contributed by atoms with Crippen molar-refractivity contribution < 1.29 is 14.8 Å². The lowest BCUT2D eigenvalue weighted by Crippen LogP contribution is -2.38. The van der Waals surface area contributed by atoms with Gasteiger partial charge in [0.25, 0.3) is 11.6 Å². The van der Waals surface area contributed by atoms with Crippen LogP contribution < -0.4 is 5.32 Å². The Kier molecular flexibility index (Phi) is 4.20. The van der Waals surface area contributed by atoms with Gasteiger partial charge in [0, 0.05) is 12.6 Å². The monoisotopic (exact) mass is 273 g/mol. The molecule has 1 amide bonds. The molecule has 1 aromatic rings. The highest BCUT2D eigenvalue weighted by molar-refractivity contribution is 6.32. The Morgan fingerprint density at radius 3 is 2.78 bits per heavy atom. The first kappa shape index (κ1) is 14.3. The molecule has 7 nitrogen and oxygen atoms in total. The van der Waals surface area contributed by atoms with Crippen molar-refractivity contribution in [3.8, 4) is 0 Å². The first-order chi connectivity index (χ1) is 8.20. The van der Waals surface area contributed by atoms with Crippen LogP contribution in [0.25, 0.3) is 0 Å². The van der Waals surface area contributed by atoms with Gasteiger partial charge in [0.15, 0.2) is 0 Å². The number of amides is 1. The zero-order valence-corrected chi connectivity index (χ0v) is 10.6. The van der Waals surface area contributed by atoms with Crippen LogP contribution in [-0.2, 0) is 0 Å². The summed E-state index contributed by atoms with van der Waals surface area (Å²) in [4.78, 5) is 25.2. The Morgan fingerprint density at radius 1 is 1.67 bits per heavy atom. The second kappa shape index (κ2) is 5.28. The minimum absolute atomic E-state index is 0.00907.